The lowest BCUT2D eigenvalue weighted by Gasteiger charge is -2.28. The second-order valence-electron chi connectivity index (χ2n) is 6.40. The summed E-state index contributed by atoms with van der Waals surface area (Å²) in [5, 5.41) is 3.62. The predicted octanol–water partition coefficient (Wildman–Crippen LogP) is -0.0840. The third kappa shape index (κ3) is 3.31. The fourth-order valence-corrected chi connectivity index (χ4v) is 7.38. The summed E-state index contributed by atoms with van der Waals surface area (Å²) in [7, 11) is -4.96. The molecule has 0 aromatic carbocycles. The molecule has 1 atom stereocenters. The zero-order chi connectivity index (χ0) is 17.4. The minimum Gasteiger partial charge on any atom is -0.358 e. The number of nitrogens with zero attached hydrogens (tertiary/aromatic N) is 4. The van der Waals surface area contributed by atoms with Crippen LogP contribution in [-0.2, 0) is 21.0 Å². The molecule has 1 unspecified atom stereocenters. The molecular formula is C14H23N5O3S3. The van der Waals surface area contributed by atoms with Crippen LogP contribution in [0.1, 0.15) is 19.3 Å². The van der Waals surface area contributed by atoms with Crippen LogP contribution in [0.5, 0.6) is 0 Å². The van der Waals surface area contributed by atoms with Gasteiger partial charge in [0.2, 0.25) is 0 Å². The fraction of sp³-hybridized carbons (Fsp3) is 0.786. The molecule has 1 N–H and O–H groups in total. The molecule has 25 heavy (non-hydrogen) atoms. The number of nitrogens with one attached hydrogen (secondary N) is 1. The highest BCUT2D eigenvalue weighted by Gasteiger charge is 2.44. The van der Waals surface area contributed by atoms with Crippen LogP contribution in [0.15, 0.2) is 15.1 Å². The van der Waals surface area contributed by atoms with E-state index in [0.717, 1.165) is 44.6 Å². The third-order valence-electron chi connectivity index (χ3n) is 4.66. The number of hydrogen-bond donors (Lipinski definition) is 1. The molecule has 3 saturated heterocycles. The quantitative estimate of drug-likeness (QED) is 0.643. The van der Waals surface area contributed by atoms with E-state index < -0.39 is 21.0 Å². The molecule has 0 aliphatic carbocycles. The summed E-state index contributed by atoms with van der Waals surface area (Å²) in [5.41, 5.74) is 0.652. The molecule has 11 heteroatoms. The van der Waals surface area contributed by atoms with Crippen molar-refractivity contribution in [2.24, 2.45) is 4.40 Å². The number of amidine groups is 1. The number of sulfonamides is 1. The Labute approximate surface area is 155 Å². The Morgan fingerprint density at radius 3 is 2.68 bits per heavy atom. The second kappa shape index (κ2) is 7.09. The van der Waals surface area contributed by atoms with Crippen LogP contribution in [-0.4, -0.2) is 82.7 Å². The molecule has 0 bridgehead atoms. The summed E-state index contributed by atoms with van der Waals surface area (Å²) in [4.78, 5) is 1.94. The topological polar surface area (TPSA) is 85.3 Å². The van der Waals surface area contributed by atoms with Crippen LogP contribution in [0, 0.1) is 0 Å². The fourth-order valence-electron chi connectivity index (χ4n) is 3.53. The van der Waals surface area contributed by atoms with Crippen molar-refractivity contribution in [3.8, 4) is 0 Å². The molecular weight excluding hydrogens is 382 g/mol. The minimum atomic E-state index is -3.76. The maximum atomic E-state index is 12.9. The third-order valence-corrected chi connectivity index (χ3v) is 8.64. The predicted molar refractivity (Wildman–Crippen MR) is 101 cm³/mol. The molecule has 3 fully saturated rings. The van der Waals surface area contributed by atoms with Crippen LogP contribution in [0.2, 0.25) is 0 Å². The van der Waals surface area contributed by atoms with Gasteiger partial charge in [-0.1, -0.05) is 0 Å². The summed E-state index contributed by atoms with van der Waals surface area (Å²) in [6.45, 7) is 4.37. The average molecular weight is 406 g/mol. The van der Waals surface area contributed by atoms with Gasteiger partial charge in [-0.05, 0) is 37.8 Å². The van der Waals surface area contributed by atoms with Gasteiger partial charge in [0, 0.05) is 44.2 Å². The van der Waals surface area contributed by atoms with E-state index in [1.54, 1.807) is 16.3 Å². The van der Waals surface area contributed by atoms with E-state index in [1.165, 1.54) is 0 Å². The normalized spacial score (nSPS) is 30.2. The lowest BCUT2D eigenvalue weighted by molar-refractivity contribution is 0.376. The Kier molecular flexibility index (Phi) is 5.00. The van der Waals surface area contributed by atoms with Crippen molar-refractivity contribution in [1.82, 2.24) is 18.8 Å². The molecule has 4 aliphatic rings. The average Bonchev–Trinajstić information content (AvgIpc) is 3.23. The molecule has 0 amide bonds. The molecule has 0 saturated carbocycles. The summed E-state index contributed by atoms with van der Waals surface area (Å²) in [6, 6.07) is 0. The number of rotatable bonds is 2. The summed E-state index contributed by atoms with van der Waals surface area (Å²) in [5.74, 6) is 1.93. The van der Waals surface area contributed by atoms with E-state index in [0.29, 0.717) is 41.9 Å². The first kappa shape index (κ1) is 17.6. The highest BCUT2D eigenvalue weighted by atomic mass is 32.2. The smallest absolute Gasteiger partial charge is 0.301 e. The van der Waals surface area contributed by atoms with E-state index in [9.17, 15) is 12.6 Å². The molecule has 4 aliphatic heterocycles. The molecule has 0 aromatic rings. The lowest BCUT2D eigenvalue weighted by atomic mass is 10.3. The Morgan fingerprint density at radius 1 is 1.08 bits per heavy atom. The molecule has 4 rings (SSSR count). The first-order chi connectivity index (χ1) is 12.1. The maximum absolute atomic E-state index is 12.9. The van der Waals surface area contributed by atoms with Crippen molar-refractivity contribution in [1.29, 1.82) is 0 Å². The van der Waals surface area contributed by atoms with Gasteiger partial charge in [-0.3, -0.25) is 4.31 Å². The van der Waals surface area contributed by atoms with E-state index in [4.69, 9.17) is 0 Å². The molecule has 0 spiro atoms. The zero-order valence-corrected chi connectivity index (χ0v) is 16.5. The van der Waals surface area contributed by atoms with Crippen molar-refractivity contribution in [3.05, 3.63) is 10.7 Å². The van der Waals surface area contributed by atoms with Crippen LogP contribution in [0.25, 0.3) is 0 Å². The van der Waals surface area contributed by atoms with Crippen molar-refractivity contribution in [3.63, 3.8) is 0 Å². The standard InChI is InChI=1S/C14H23N5O3S3/c20-24-11-3-8-19(24)13-12(18-7-2-10-23-18)14(25(21,22)16-13)17-6-1-4-15-5-9-17/h15H,1-11H2. The summed E-state index contributed by atoms with van der Waals surface area (Å²) >= 11 is 1.64. The van der Waals surface area contributed by atoms with Crippen molar-refractivity contribution in [2.45, 2.75) is 19.3 Å². The van der Waals surface area contributed by atoms with Crippen molar-refractivity contribution in [2.75, 3.05) is 50.8 Å². The summed E-state index contributed by atoms with van der Waals surface area (Å²) in [6.07, 6.45) is 2.71. The summed E-state index contributed by atoms with van der Waals surface area (Å²) < 4.78 is 46.1. The minimum absolute atomic E-state index is 0.310. The highest BCUT2D eigenvalue weighted by molar-refractivity contribution is 7.97. The van der Waals surface area contributed by atoms with E-state index in [-0.39, 0.29) is 0 Å². The molecule has 8 nitrogen and oxygen atoms in total. The first-order valence-corrected chi connectivity index (χ1v) is 12.4. The van der Waals surface area contributed by atoms with E-state index in [1.807, 2.05) is 9.21 Å². The Balaban J connectivity index is 1.79. The van der Waals surface area contributed by atoms with E-state index in [2.05, 4.69) is 9.71 Å². The van der Waals surface area contributed by atoms with Gasteiger partial charge in [-0.2, -0.15) is 8.42 Å². The molecule has 4 heterocycles. The Bertz CT molecular complexity index is 722. The van der Waals surface area contributed by atoms with Crippen molar-refractivity contribution >= 4 is 38.8 Å². The highest BCUT2D eigenvalue weighted by Crippen LogP contribution is 2.37. The van der Waals surface area contributed by atoms with Gasteiger partial charge >= 0.3 is 10.0 Å². The number of hydrogen-bond acceptors (Lipinski definition) is 7. The van der Waals surface area contributed by atoms with Gasteiger partial charge in [0.25, 0.3) is 0 Å². The Morgan fingerprint density at radius 2 is 1.96 bits per heavy atom. The van der Waals surface area contributed by atoms with Crippen LogP contribution in [0.3, 0.4) is 0 Å². The van der Waals surface area contributed by atoms with Gasteiger partial charge in [0.15, 0.2) is 10.9 Å². The molecule has 140 valence electrons. The van der Waals surface area contributed by atoms with Crippen LogP contribution >= 0.6 is 11.9 Å². The van der Waals surface area contributed by atoms with Crippen molar-refractivity contribution < 1.29 is 12.6 Å². The molecule has 0 radical (unpaired) electrons. The van der Waals surface area contributed by atoms with Gasteiger partial charge in [-0.25, -0.2) is 4.21 Å². The second-order valence-corrected chi connectivity index (χ2v) is 10.5. The van der Waals surface area contributed by atoms with E-state index >= 15 is 0 Å². The van der Waals surface area contributed by atoms with Crippen LogP contribution in [0.4, 0.5) is 0 Å². The largest absolute Gasteiger partial charge is 0.358 e. The van der Waals surface area contributed by atoms with Crippen LogP contribution < -0.4 is 5.32 Å². The zero-order valence-electron chi connectivity index (χ0n) is 14.0. The van der Waals surface area contributed by atoms with Gasteiger partial charge in [-0.15, -0.1) is 4.40 Å². The van der Waals surface area contributed by atoms with Gasteiger partial charge < -0.3 is 14.5 Å². The lowest BCUT2D eigenvalue weighted by Crippen LogP contribution is -2.36. The van der Waals surface area contributed by atoms with Gasteiger partial charge in [0.05, 0.1) is 0 Å². The SMILES string of the molecule is O=S1CCCN1C1=NS(=O)(=O)C(N2CCCNCC2)=C1N1CCCS1. The van der Waals surface area contributed by atoms with Gasteiger partial charge in [0.1, 0.15) is 16.7 Å². The monoisotopic (exact) mass is 405 g/mol. The first-order valence-electron chi connectivity index (χ1n) is 8.70. The Hall–Kier alpha value is -0.780. The molecule has 0 aromatic heterocycles. The maximum Gasteiger partial charge on any atom is 0.301 e.